The van der Waals surface area contributed by atoms with Crippen LogP contribution in [0.3, 0.4) is 0 Å². The maximum Gasteiger partial charge on any atom is 0.341 e. The van der Waals surface area contributed by atoms with Crippen LogP contribution in [0.2, 0.25) is 0 Å². The van der Waals surface area contributed by atoms with Gasteiger partial charge in [-0.3, -0.25) is 0 Å². The van der Waals surface area contributed by atoms with Gasteiger partial charge in [0.1, 0.15) is 17.2 Å². The zero-order valence-corrected chi connectivity index (χ0v) is 12.3. The van der Waals surface area contributed by atoms with Crippen LogP contribution in [0.4, 0.5) is 5.00 Å². The molecule has 1 aromatic carbocycles. The van der Waals surface area contributed by atoms with E-state index in [1.165, 1.54) is 11.3 Å². The van der Waals surface area contributed by atoms with Crippen molar-refractivity contribution < 1.29 is 19.0 Å². The molecule has 0 radical (unpaired) electrons. The fourth-order valence-electron chi connectivity index (χ4n) is 2.22. The number of nitrogens with two attached hydrogens (primary N) is 1. The van der Waals surface area contributed by atoms with Crippen molar-refractivity contribution in [2.75, 3.05) is 18.9 Å². The molecule has 0 saturated carbocycles. The second kappa shape index (κ2) is 5.65. The lowest BCUT2D eigenvalue weighted by Gasteiger charge is -2.26. The average Bonchev–Trinajstić information content (AvgIpc) is 2.89. The Morgan fingerprint density at radius 1 is 1.43 bits per heavy atom. The van der Waals surface area contributed by atoms with Crippen molar-refractivity contribution >= 4 is 22.3 Å². The second-order valence-electron chi connectivity index (χ2n) is 4.51. The molecule has 2 aromatic rings. The van der Waals surface area contributed by atoms with E-state index in [0.717, 1.165) is 0 Å². The zero-order chi connectivity index (χ0) is 14.8. The highest BCUT2D eigenvalue weighted by Gasteiger charge is 2.29. The second-order valence-corrected chi connectivity index (χ2v) is 5.43. The number of fused-ring (bicyclic) bond motifs is 1. The number of carbonyl (C=O) groups is 1. The van der Waals surface area contributed by atoms with Gasteiger partial charge in [-0.1, -0.05) is 12.1 Å². The third-order valence-electron chi connectivity index (χ3n) is 3.18. The lowest BCUT2D eigenvalue weighted by molar-refractivity contribution is 0.0513. The van der Waals surface area contributed by atoms with E-state index >= 15 is 0 Å². The largest absolute Gasteiger partial charge is 0.485 e. The number of ether oxygens (including phenoxy) is 3. The molecule has 0 fully saturated rings. The minimum absolute atomic E-state index is 0.304. The van der Waals surface area contributed by atoms with Gasteiger partial charge >= 0.3 is 5.97 Å². The number of esters is 1. The number of thiophene rings is 1. The summed E-state index contributed by atoms with van der Waals surface area (Å²) in [6.45, 7) is 2.40. The number of benzene rings is 1. The van der Waals surface area contributed by atoms with Crippen LogP contribution in [0.25, 0.3) is 0 Å². The molecule has 1 aliphatic heterocycles. The van der Waals surface area contributed by atoms with Crippen molar-refractivity contribution in [3.8, 4) is 11.5 Å². The number of carbonyl (C=O) groups excluding carboxylic acids is 1. The highest BCUT2D eigenvalue weighted by molar-refractivity contribution is 7.14. The number of rotatable bonds is 3. The predicted octanol–water partition coefficient (Wildman–Crippen LogP) is 3.02. The number of hydrogen-bond donors (Lipinski definition) is 1. The van der Waals surface area contributed by atoms with Gasteiger partial charge in [0.15, 0.2) is 17.6 Å². The summed E-state index contributed by atoms with van der Waals surface area (Å²) in [4.78, 5) is 12.0. The van der Waals surface area contributed by atoms with E-state index in [-0.39, 0.29) is 6.10 Å². The Morgan fingerprint density at radius 2 is 2.19 bits per heavy atom. The average molecular weight is 305 g/mol. The van der Waals surface area contributed by atoms with Gasteiger partial charge in [-0.15, -0.1) is 11.3 Å². The van der Waals surface area contributed by atoms with E-state index in [9.17, 15) is 4.79 Å². The number of nitrogen functional groups attached to an aromatic ring is 1. The van der Waals surface area contributed by atoms with Crippen LogP contribution < -0.4 is 15.2 Å². The molecule has 0 aliphatic carbocycles. The van der Waals surface area contributed by atoms with Gasteiger partial charge in [-0.05, 0) is 19.1 Å². The molecular formula is C15H15NO4S. The van der Waals surface area contributed by atoms with E-state index < -0.39 is 5.97 Å². The molecule has 1 atom stereocenters. The summed E-state index contributed by atoms with van der Waals surface area (Å²) in [6.07, 6.45) is -0.368. The Bertz CT molecular complexity index is 667. The molecule has 3 rings (SSSR count). The van der Waals surface area contributed by atoms with Crippen molar-refractivity contribution in [3.63, 3.8) is 0 Å². The van der Waals surface area contributed by atoms with Crippen molar-refractivity contribution in [3.05, 3.63) is 40.8 Å². The Labute approximate surface area is 126 Å². The van der Waals surface area contributed by atoms with E-state index in [2.05, 4.69) is 0 Å². The highest BCUT2D eigenvalue weighted by Crippen LogP contribution is 2.39. The normalized spacial score (nSPS) is 16.5. The summed E-state index contributed by atoms with van der Waals surface area (Å²) in [5, 5.41) is 2.26. The summed E-state index contributed by atoms with van der Waals surface area (Å²) < 4.78 is 16.7. The maximum absolute atomic E-state index is 12.0. The Kier molecular flexibility index (Phi) is 3.70. The monoisotopic (exact) mass is 305 g/mol. The molecule has 1 aromatic heterocycles. The van der Waals surface area contributed by atoms with Gasteiger partial charge in [0.2, 0.25) is 0 Å². The summed E-state index contributed by atoms with van der Waals surface area (Å²) >= 11 is 1.30. The molecule has 0 bridgehead atoms. The summed E-state index contributed by atoms with van der Waals surface area (Å²) in [6, 6.07) is 7.44. The Hall–Kier alpha value is -2.21. The molecule has 0 unspecified atom stereocenters. The standard InChI is InChI=1S/C15H15NO4S/c1-2-18-15(17)13-9(8-21-14(13)16)12-7-19-10-5-3-4-6-11(10)20-12/h3-6,8,12H,2,7,16H2,1H3/t12-/m1/s1. The minimum Gasteiger partial charge on any atom is -0.485 e. The number of hydrogen-bond acceptors (Lipinski definition) is 6. The van der Waals surface area contributed by atoms with Crippen LogP contribution in [-0.2, 0) is 4.74 Å². The summed E-state index contributed by atoms with van der Waals surface area (Å²) in [7, 11) is 0. The van der Waals surface area contributed by atoms with Gasteiger partial charge in [-0.25, -0.2) is 4.79 Å². The molecule has 21 heavy (non-hydrogen) atoms. The summed E-state index contributed by atoms with van der Waals surface area (Å²) in [5.41, 5.74) is 6.99. The molecule has 2 heterocycles. The van der Waals surface area contributed by atoms with Crippen LogP contribution in [0.15, 0.2) is 29.6 Å². The molecule has 0 saturated heterocycles. The molecule has 1 aliphatic rings. The number of anilines is 1. The van der Waals surface area contributed by atoms with Crippen molar-refractivity contribution in [2.45, 2.75) is 13.0 Å². The first-order valence-electron chi connectivity index (χ1n) is 6.63. The van der Waals surface area contributed by atoms with Crippen LogP contribution in [0.1, 0.15) is 28.9 Å². The third kappa shape index (κ3) is 2.54. The van der Waals surface area contributed by atoms with Crippen LogP contribution in [-0.4, -0.2) is 19.2 Å². The first-order valence-corrected chi connectivity index (χ1v) is 7.51. The zero-order valence-electron chi connectivity index (χ0n) is 11.5. The van der Waals surface area contributed by atoms with Crippen LogP contribution in [0, 0.1) is 0 Å². The van der Waals surface area contributed by atoms with Crippen molar-refractivity contribution in [1.82, 2.24) is 0 Å². The van der Waals surface area contributed by atoms with E-state index in [4.69, 9.17) is 19.9 Å². The van der Waals surface area contributed by atoms with Gasteiger partial charge < -0.3 is 19.9 Å². The van der Waals surface area contributed by atoms with Crippen LogP contribution >= 0.6 is 11.3 Å². The van der Waals surface area contributed by atoms with Gasteiger partial charge in [0.25, 0.3) is 0 Å². The minimum atomic E-state index is -0.422. The van der Waals surface area contributed by atoms with Gasteiger partial charge in [-0.2, -0.15) is 0 Å². The molecule has 110 valence electrons. The maximum atomic E-state index is 12.0. The molecule has 0 spiro atoms. The lowest BCUT2D eigenvalue weighted by Crippen LogP contribution is -2.23. The van der Waals surface area contributed by atoms with E-state index in [1.54, 1.807) is 6.92 Å². The quantitative estimate of drug-likeness (QED) is 0.883. The lowest BCUT2D eigenvalue weighted by atomic mass is 10.1. The fraction of sp³-hybridized carbons (Fsp3) is 0.267. The topological polar surface area (TPSA) is 70.8 Å². The molecule has 0 amide bonds. The molecule has 6 heteroatoms. The highest BCUT2D eigenvalue weighted by atomic mass is 32.1. The van der Waals surface area contributed by atoms with E-state index in [0.29, 0.717) is 40.8 Å². The van der Waals surface area contributed by atoms with Gasteiger partial charge in [0.05, 0.1) is 6.61 Å². The van der Waals surface area contributed by atoms with Crippen molar-refractivity contribution in [2.24, 2.45) is 0 Å². The first kappa shape index (κ1) is 13.8. The molecule has 5 nitrogen and oxygen atoms in total. The first-order chi connectivity index (χ1) is 10.2. The fourth-order valence-corrected chi connectivity index (χ4v) is 3.06. The van der Waals surface area contributed by atoms with Crippen molar-refractivity contribution in [1.29, 1.82) is 0 Å². The molecular weight excluding hydrogens is 290 g/mol. The Morgan fingerprint density at radius 3 is 2.95 bits per heavy atom. The van der Waals surface area contributed by atoms with Gasteiger partial charge in [0, 0.05) is 10.9 Å². The molecule has 2 N–H and O–H groups in total. The number of para-hydroxylation sites is 2. The third-order valence-corrected chi connectivity index (χ3v) is 4.01. The Balaban J connectivity index is 1.91. The van der Waals surface area contributed by atoms with E-state index in [1.807, 2.05) is 29.6 Å². The van der Waals surface area contributed by atoms with Crippen LogP contribution in [0.5, 0.6) is 11.5 Å². The summed E-state index contributed by atoms with van der Waals surface area (Å²) in [5.74, 6) is 0.941. The SMILES string of the molecule is CCOC(=O)c1c([C@H]2COc3ccccc3O2)csc1N. The smallest absolute Gasteiger partial charge is 0.341 e. The predicted molar refractivity (Wildman–Crippen MR) is 80.0 cm³/mol.